The molecule has 0 aliphatic heterocycles. The Morgan fingerprint density at radius 3 is 2.55 bits per heavy atom. The number of rotatable bonds is 5. The van der Waals surface area contributed by atoms with Crippen LogP contribution in [-0.2, 0) is 19.7 Å². The highest BCUT2D eigenvalue weighted by Crippen LogP contribution is 2.23. The van der Waals surface area contributed by atoms with E-state index < -0.39 is 0 Å². The first-order valence-electron chi connectivity index (χ1n) is 7.40. The smallest absolute Gasteiger partial charge is 0.128 e. The largest absolute Gasteiger partial charge is 0.487 e. The summed E-state index contributed by atoms with van der Waals surface area (Å²) in [6.45, 7) is 3.96. The van der Waals surface area contributed by atoms with Crippen LogP contribution in [0.15, 0.2) is 48.5 Å². The Bertz CT molecular complexity index is 778. The molecule has 0 unspecified atom stereocenters. The predicted molar refractivity (Wildman–Crippen MR) is 86.2 cm³/mol. The second-order valence-corrected chi connectivity index (χ2v) is 5.22. The Balaban J connectivity index is 1.87. The average Bonchev–Trinajstić information content (AvgIpc) is 2.90. The second kappa shape index (κ2) is 6.20. The van der Waals surface area contributed by atoms with Gasteiger partial charge in [-0.2, -0.15) is 0 Å². The van der Waals surface area contributed by atoms with Crippen LogP contribution in [0.2, 0.25) is 0 Å². The van der Waals surface area contributed by atoms with Crippen LogP contribution < -0.4 is 10.5 Å². The van der Waals surface area contributed by atoms with Gasteiger partial charge in [0.05, 0.1) is 5.69 Å². The topological polar surface area (TPSA) is 40.2 Å². The van der Waals surface area contributed by atoms with E-state index in [4.69, 9.17) is 10.5 Å². The van der Waals surface area contributed by atoms with Crippen LogP contribution in [-0.4, -0.2) is 4.57 Å². The molecule has 2 N–H and O–H groups in total. The monoisotopic (exact) mass is 298 g/mol. The van der Waals surface area contributed by atoms with Crippen LogP contribution in [0.4, 0.5) is 4.39 Å². The van der Waals surface area contributed by atoms with E-state index in [1.54, 1.807) is 12.1 Å². The molecule has 4 heteroatoms. The fourth-order valence-electron chi connectivity index (χ4n) is 2.69. The van der Waals surface area contributed by atoms with Gasteiger partial charge in [0.15, 0.2) is 0 Å². The Hall–Kier alpha value is -2.33. The number of aromatic nitrogens is 1. The van der Waals surface area contributed by atoms with Crippen LogP contribution >= 0.6 is 0 Å². The predicted octanol–water partition coefficient (Wildman–Crippen LogP) is 3.84. The van der Waals surface area contributed by atoms with E-state index in [2.05, 4.69) is 35.8 Å². The molecule has 22 heavy (non-hydrogen) atoms. The molecule has 0 aliphatic rings. The summed E-state index contributed by atoms with van der Waals surface area (Å²) in [6, 6.07) is 14.5. The molecule has 2 aromatic carbocycles. The van der Waals surface area contributed by atoms with E-state index in [1.807, 2.05) is 0 Å². The number of ether oxygens (including phenoxy) is 1. The maximum atomic E-state index is 12.9. The number of aryl methyl sites for hydroxylation is 1. The lowest BCUT2D eigenvalue weighted by Gasteiger charge is -2.10. The maximum Gasteiger partial charge on any atom is 0.128 e. The molecular formula is C18H19FN2O. The van der Waals surface area contributed by atoms with Crippen LogP contribution in [0.25, 0.3) is 10.9 Å². The summed E-state index contributed by atoms with van der Waals surface area (Å²) in [4.78, 5) is 0. The second-order valence-electron chi connectivity index (χ2n) is 5.22. The van der Waals surface area contributed by atoms with Gasteiger partial charge in [0.1, 0.15) is 18.2 Å². The third-order valence-electron chi connectivity index (χ3n) is 3.80. The van der Waals surface area contributed by atoms with Crippen molar-refractivity contribution in [3.8, 4) is 5.75 Å². The van der Waals surface area contributed by atoms with Crippen molar-refractivity contribution in [3.63, 3.8) is 0 Å². The number of halogens is 1. The summed E-state index contributed by atoms with van der Waals surface area (Å²) in [6.07, 6.45) is 0. The van der Waals surface area contributed by atoms with Crippen LogP contribution in [0.1, 0.15) is 18.2 Å². The lowest BCUT2D eigenvalue weighted by molar-refractivity contribution is 0.295. The van der Waals surface area contributed by atoms with Crippen molar-refractivity contribution in [2.24, 2.45) is 5.73 Å². The van der Waals surface area contributed by atoms with E-state index in [1.165, 1.54) is 23.0 Å². The molecule has 3 nitrogen and oxygen atoms in total. The summed E-state index contributed by atoms with van der Waals surface area (Å²) in [7, 11) is 0. The molecule has 1 aromatic heterocycles. The molecule has 0 amide bonds. The first-order valence-corrected chi connectivity index (χ1v) is 7.40. The molecule has 0 saturated carbocycles. The molecular weight excluding hydrogens is 279 g/mol. The van der Waals surface area contributed by atoms with Gasteiger partial charge in [0.2, 0.25) is 0 Å². The summed E-state index contributed by atoms with van der Waals surface area (Å²) >= 11 is 0. The summed E-state index contributed by atoms with van der Waals surface area (Å²) in [5, 5.41) is 1.17. The Morgan fingerprint density at radius 1 is 1.09 bits per heavy atom. The number of nitrogens with zero attached hydrogens (tertiary/aromatic N) is 1. The highest BCUT2D eigenvalue weighted by molar-refractivity contribution is 5.82. The normalized spacial score (nSPS) is 11.0. The number of benzene rings is 2. The minimum atomic E-state index is -0.260. The molecule has 0 atom stereocenters. The highest BCUT2D eigenvalue weighted by Gasteiger charge is 2.09. The van der Waals surface area contributed by atoms with Crippen molar-refractivity contribution in [1.82, 2.24) is 4.57 Å². The third kappa shape index (κ3) is 2.83. The Kier molecular flexibility index (Phi) is 4.11. The van der Waals surface area contributed by atoms with Gasteiger partial charge in [0.25, 0.3) is 0 Å². The number of hydrogen-bond donors (Lipinski definition) is 1. The van der Waals surface area contributed by atoms with Crippen LogP contribution in [0.5, 0.6) is 5.75 Å². The van der Waals surface area contributed by atoms with Gasteiger partial charge in [0, 0.05) is 24.0 Å². The first kappa shape index (κ1) is 14.6. The van der Waals surface area contributed by atoms with E-state index in [-0.39, 0.29) is 5.82 Å². The molecule has 3 rings (SSSR count). The summed E-state index contributed by atoms with van der Waals surface area (Å²) in [5.74, 6) is 0.404. The number of fused-ring (bicyclic) bond motifs is 1. The molecule has 3 aromatic rings. The van der Waals surface area contributed by atoms with Crippen molar-refractivity contribution >= 4 is 10.9 Å². The van der Waals surface area contributed by atoms with Gasteiger partial charge in [-0.25, -0.2) is 4.39 Å². The van der Waals surface area contributed by atoms with Crippen LogP contribution in [0, 0.1) is 5.82 Å². The molecule has 114 valence electrons. The third-order valence-corrected chi connectivity index (χ3v) is 3.80. The summed E-state index contributed by atoms with van der Waals surface area (Å²) < 4.78 is 20.9. The molecule has 0 aliphatic carbocycles. The van der Waals surface area contributed by atoms with Crippen LogP contribution in [0.3, 0.4) is 0 Å². The molecule has 1 heterocycles. The van der Waals surface area contributed by atoms with Gasteiger partial charge in [-0.1, -0.05) is 6.07 Å². The van der Waals surface area contributed by atoms with Crippen molar-refractivity contribution in [3.05, 3.63) is 65.6 Å². The van der Waals surface area contributed by atoms with Crippen molar-refractivity contribution < 1.29 is 9.13 Å². The molecule has 0 saturated heterocycles. The Labute approximate surface area is 129 Å². The van der Waals surface area contributed by atoms with Crippen molar-refractivity contribution in [2.45, 2.75) is 26.6 Å². The van der Waals surface area contributed by atoms with Gasteiger partial charge >= 0.3 is 0 Å². The number of hydrogen-bond acceptors (Lipinski definition) is 2. The van der Waals surface area contributed by atoms with Gasteiger partial charge in [-0.15, -0.1) is 0 Å². The fraction of sp³-hybridized carbons (Fsp3) is 0.222. The van der Waals surface area contributed by atoms with E-state index in [0.29, 0.717) is 18.9 Å². The van der Waals surface area contributed by atoms with E-state index in [0.717, 1.165) is 17.8 Å². The zero-order valence-electron chi connectivity index (χ0n) is 12.6. The van der Waals surface area contributed by atoms with Gasteiger partial charge in [-0.05, 0) is 55.0 Å². The van der Waals surface area contributed by atoms with Crippen molar-refractivity contribution in [2.75, 3.05) is 0 Å². The van der Waals surface area contributed by atoms with Gasteiger partial charge < -0.3 is 15.0 Å². The zero-order chi connectivity index (χ0) is 15.5. The quantitative estimate of drug-likeness (QED) is 0.777. The van der Waals surface area contributed by atoms with Gasteiger partial charge in [-0.3, -0.25) is 0 Å². The Morgan fingerprint density at radius 2 is 1.86 bits per heavy atom. The van der Waals surface area contributed by atoms with Crippen molar-refractivity contribution in [1.29, 1.82) is 0 Å². The molecule has 0 bridgehead atoms. The maximum absolute atomic E-state index is 12.9. The average molecular weight is 298 g/mol. The minimum Gasteiger partial charge on any atom is -0.487 e. The number of nitrogens with two attached hydrogens (primary N) is 1. The SMILES string of the molecule is CCn1c(COc2ccc(F)cc2)cc2cc(CN)ccc21. The first-order chi connectivity index (χ1) is 10.7. The van der Waals surface area contributed by atoms with E-state index in [9.17, 15) is 4.39 Å². The summed E-state index contributed by atoms with van der Waals surface area (Å²) in [5.41, 5.74) is 9.09. The lowest BCUT2D eigenvalue weighted by atomic mass is 10.1. The lowest BCUT2D eigenvalue weighted by Crippen LogP contribution is -2.04. The molecule has 0 spiro atoms. The standard InChI is InChI=1S/C18H19FN2O/c1-2-21-16(12-22-17-6-4-15(19)5-7-17)10-14-9-13(11-20)3-8-18(14)21/h3-10H,2,11-12,20H2,1H3. The molecule has 0 radical (unpaired) electrons. The fourth-order valence-corrected chi connectivity index (χ4v) is 2.69. The minimum absolute atomic E-state index is 0.260. The zero-order valence-corrected chi connectivity index (χ0v) is 12.6. The highest BCUT2D eigenvalue weighted by atomic mass is 19.1. The van der Waals surface area contributed by atoms with E-state index >= 15 is 0 Å². The molecule has 0 fully saturated rings.